The van der Waals surface area contributed by atoms with Gasteiger partial charge in [0.1, 0.15) is 6.10 Å². The van der Waals surface area contributed by atoms with Crippen molar-refractivity contribution in [1.82, 2.24) is 0 Å². The lowest BCUT2D eigenvalue weighted by atomic mass is 9.84. The Morgan fingerprint density at radius 1 is 1.30 bits per heavy atom. The van der Waals surface area contributed by atoms with E-state index in [9.17, 15) is 17.6 Å². The Balaban J connectivity index is 2.25. The molecule has 1 aromatic rings. The van der Waals surface area contributed by atoms with E-state index in [0.717, 1.165) is 12.1 Å². The molecule has 3 atom stereocenters. The van der Waals surface area contributed by atoms with Crippen molar-refractivity contribution in [2.45, 2.75) is 24.5 Å². The molecule has 1 saturated carbocycles. The minimum Gasteiger partial charge on any atom is -0.462 e. The number of nitrogens with two attached hydrogens (primary N) is 2. The summed E-state index contributed by atoms with van der Waals surface area (Å²) in [5, 5.41) is 0. The van der Waals surface area contributed by atoms with Crippen molar-refractivity contribution in [3.63, 3.8) is 0 Å². The highest BCUT2D eigenvalue weighted by Crippen LogP contribution is 2.56. The second-order valence-electron chi connectivity index (χ2n) is 4.94. The maximum absolute atomic E-state index is 14.0. The van der Waals surface area contributed by atoms with Crippen LogP contribution in [0.4, 0.5) is 23.2 Å². The molecule has 4 N–H and O–H groups in total. The number of halogens is 4. The summed E-state index contributed by atoms with van der Waals surface area (Å²) in [6.07, 6.45) is -3.36. The number of benzene rings is 1. The van der Waals surface area contributed by atoms with Crippen molar-refractivity contribution in [3.05, 3.63) is 29.3 Å². The van der Waals surface area contributed by atoms with Crippen LogP contribution < -0.4 is 11.5 Å². The molecule has 8 heteroatoms. The molecular formula is C12H11F4N3O. The summed E-state index contributed by atoms with van der Waals surface area (Å²) < 4.78 is 59.7. The summed E-state index contributed by atoms with van der Waals surface area (Å²) in [6, 6.07) is 1.25. The molecule has 1 aliphatic heterocycles. The molecule has 1 heterocycles. The molecule has 0 bridgehead atoms. The average molecular weight is 289 g/mol. The molecular weight excluding hydrogens is 278 g/mol. The van der Waals surface area contributed by atoms with Gasteiger partial charge < -0.3 is 16.2 Å². The Hall–Kier alpha value is -1.99. The molecule has 20 heavy (non-hydrogen) atoms. The molecule has 0 aromatic heterocycles. The Morgan fingerprint density at radius 2 is 2.00 bits per heavy atom. The first-order valence-electron chi connectivity index (χ1n) is 5.91. The largest absolute Gasteiger partial charge is 0.462 e. The number of nitrogens with zero attached hydrogens (tertiary/aromatic N) is 1. The molecule has 0 saturated heterocycles. The third-order valence-corrected chi connectivity index (χ3v) is 3.68. The van der Waals surface area contributed by atoms with Crippen LogP contribution in [0, 0.1) is 17.6 Å². The maximum Gasteiger partial charge on any atom is 0.283 e. The van der Waals surface area contributed by atoms with Gasteiger partial charge in [0.15, 0.2) is 17.2 Å². The summed E-state index contributed by atoms with van der Waals surface area (Å²) in [5.41, 5.74) is 7.82. The lowest BCUT2D eigenvalue weighted by Crippen LogP contribution is -2.43. The van der Waals surface area contributed by atoms with E-state index in [4.69, 9.17) is 16.2 Å². The van der Waals surface area contributed by atoms with Crippen molar-refractivity contribution in [3.8, 4) is 0 Å². The van der Waals surface area contributed by atoms with Gasteiger partial charge in [-0.3, -0.25) is 0 Å². The van der Waals surface area contributed by atoms with Crippen LogP contribution in [0.3, 0.4) is 0 Å². The van der Waals surface area contributed by atoms with E-state index in [0.29, 0.717) is 0 Å². The van der Waals surface area contributed by atoms with Crippen LogP contribution >= 0.6 is 0 Å². The van der Waals surface area contributed by atoms with Crippen LogP contribution in [-0.4, -0.2) is 18.6 Å². The molecule has 3 rings (SSSR count). The predicted molar refractivity (Wildman–Crippen MR) is 63.1 cm³/mol. The number of alkyl halides is 2. The second kappa shape index (κ2) is 4.00. The topological polar surface area (TPSA) is 73.6 Å². The predicted octanol–water partition coefficient (Wildman–Crippen LogP) is 1.74. The molecule has 0 spiro atoms. The molecule has 2 aliphatic rings. The zero-order valence-corrected chi connectivity index (χ0v) is 10.1. The quantitative estimate of drug-likeness (QED) is 0.643. The van der Waals surface area contributed by atoms with Gasteiger partial charge in [0.2, 0.25) is 0 Å². The van der Waals surface area contributed by atoms with Crippen LogP contribution in [0.15, 0.2) is 17.1 Å². The van der Waals surface area contributed by atoms with Crippen LogP contribution in [0.25, 0.3) is 0 Å². The normalized spacial score (nSPS) is 31.6. The first-order valence-corrected chi connectivity index (χ1v) is 5.91. The van der Waals surface area contributed by atoms with Crippen molar-refractivity contribution in [2.75, 3.05) is 5.73 Å². The molecule has 1 aliphatic carbocycles. The van der Waals surface area contributed by atoms with Gasteiger partial charge >= 0.3 is 0 Å². The Labute approximate surface area is 111 Å². The number of aliphatic imine (C=N–C) groups is 1. The van der Waals surface area contributed by atoms with Gasteiger partial charge in [-0.25, -0.2) is 22.6 Å². The Morgan fingerprint density at radius 3 is 2.65 bits per heavy atom. The minimum atomic E-state index is -3.06. The summed E-state index contributed by atoms with van der Waals surface area (Å²) >= 11 is 0. The number of fused-ring (bicyclic) bond motifs is 1. The van der Waals surface area contributed by atoms with E-state index in [2.05, 4.69) is 4.99 Å². The number of ether oxygens (including phenoxy) is 1. The first kappa shape index (κ1) is 13.0. The summed E-state index contributed by atoms with van der Waals surface area (Å²) in [4.78, 5) is 3.61. The number of hydrogen-bond donors (Lipinski definition) is 2. The zero-order valence-electron chi connectivity index (χ0n) is 10.1. The fraction of sp³-hybridized carbons (Fsp3) is 0.417. The average Bonchev–Trinajstić information content (AvgIpc) is 3.11. The first-order chi connectivity index (χ1) is 9.36. The van der Waals surface area contributed by atoms with Crippen molar-refractivity contribution < 1.29 is 22.3 Å². The second-order valence-corrected chi connectivity index (χ2v) is 4.94. The van der Waals surface area contributed by atoms with E-state index in [1.54, 1.807) is 0 Å². The highest BCUT2D eigenvalue weighted by molar-refractivity contribution is 5.74. The summed E-state index contributed by atoms with van der Waals surface area (Å²) in [6.45, 7) is 0. The molecule has 0 amide bonds. The van der Waals surface area contributed by atoms with E-state index < -0.39 is 47.2 Å². The van der Waals surface area contributed by atoms with Gasteiger partial charge in [-0.15, -0.1) is 0 Å². The third kappa shape index (κ3) is 1.63. The third-order valence-electron chi connectivity index (χ3n) is 3.68. The van der Waals surface area contributed by atoms with E-state index in [1.165, 1.54) is 0 Å². The van der Waals surface area contributed by atoms with Gasteiger partial charge in [-0.2, -0.15) is 0 Å². The molecule has 0 radical (unpaired) electrons. The van der Waals surface area contributed by atoms with Crippen LogP contribution in [0.5, 0.6) is 0 Å². The van der Waals surface area contributed by atoms with E-state index in [-0.39, 0.29) is 12.1 Å². The van der Waals surface area contributed by atoms with Gasteiger partial charge in [0.05, 0.1) is 0 Å². The van der Waals surface area contributed by atoms with Crippen molar-refractivity contribution in [2.24, 2.45) is 16.6 Å². The number of hydrogen-bond acceptors (Lipinski definition) is 4. The van der Waals surface area contributed by atoms with Crippen LogP contribution in [0.2, 0.25) is 0 Å². The molecule has 1 fully saturated rings. The highest BCUT2D eigenvalue weighted by atomic mass is 19.3. The van der Waals surface area contributed by atoms with Gasteiger partial charge in [-0.05, 0) is 18.6 Å². The number of rotatable bonds is 2. The van der Waals surface area contributed by atoms with Crippen molar-refractivity contribution in [1.29, 1.82) is 0 Å². The standard InChI is InChI=1S/C12H11F4N3O/c13-7-2-4(17)1-6(9(7)14)12(10(15)16)5-3-8(5)20-11(18)19-12/h1-2,5,8,10H,3,17H2,(H2,18,19)/t5?,8-,12+/m1/s1. The van der Waals surface area contributed by atoms with Crippen LogP contribution in [-0.2, 0) is 10.3 Å². The van der Waals surface area contributed by atoms with E-state index >= 15 is 0 Å². The van der Waals surface area contributed by atoms with Gasteiger partial charge in [-0.1, -0.05) is 0 Å². The fourth-order valence-electron chi connectivity index (χ4n) is 2.70. The zero-order chi connectivity index (χ0) is 14.7. The fourth-order valence-corrected chi connectivity index (χ4v) is 2.70. The lowest BCUT2D eigenvalue weighted by molar-refractivity contribution is 0.0173. The number of amidine groups is 1. The summed E-state index contributed by atoms with van der Waals surface area (Å²) in [7, 11) is 0. The molecule has 4 nitrogen and oxygen atoms in total. The van der Waals surface area contributed by atoms with Crippen molar-refractivity contribution >= 4 is 11.7 Å². The molecule has 1 aromatic carbocycles. The summed E-state index contributed by atoms with van der Waals surface area (Å²) in [5.74, 6) is -3.42. The van der Waals surface area contributed by atoms with Gasteiger partial charge in [0, 0.05) is 17.2 Å². The number of nitrogen functional groups attached to an aromatic ring is 1. The SMILES string of the molecule is NC1=N[C@@](c2cc(N)cc(F)c2F)(C(F)F)C2C[C@H]2O1. The van der Waals surface area contributed by atoms with Gasteiger partial charge in [0.25, 0.3) is 12.4 Å². The lowest BCUT2D eigenvalue weighted by Gasteiger charge is -2.33. The Kier molecular flexibility index (Phi) is 2.60. The highest BCUT2D eigenvalue weighted by Gasteiger charge is 2.64. The maximum atomic E-state index is 14.0. The van der Waals surface area contributed by atoms with E-state index in [1.807, 2.05) is 0 Å². The number of anilines is 1. The molecule has 108 valence electrons. The monoisotopic (exact) mass is 289 g/mol. The minimum absolute atomic E-state index is 0.156. The van der Waals surface area contributed by atoms with Crippen LogP contribution in [0.1, 0.15) is 12.0 Å². The Bertz CT molecular complexity index is 607. The molecule has 1 unspecified atom stereocenters. The smallest absolute Gasteiger partial charge is 0.283 e.